The number of hydrogen-bond acceptors (Lipinski definition) is 1. The van der Waals surface area contributed by atoms with E-state index in [4.69, 9.17) is 0 Å². The van der Waals surface area contributed by atoms with Crippen molar-refractivity contribution in [1.29, 1.82) is 0 Å². The predicted octanol–water partition coefficient (Wildman–Crippen LogP) is 1.64. The largest absolute Gasteiger partial charge is 0.135 e. The fourth-order valence-electron chi connectivity index (χ4n) is 1.83. The molecule has 0 spiro atoms. The Bertz CT molecular complexity index is 655. The summed E-state index contributed by atoms with van der Waals surface area (Å²) in [6.45, 7) is 0. The molecule has 0 atom stereocenters. The predicted molar refractivity (Wildman–Crippen MR) is 70.1 cm³/mol. The smallest absolute Gasteiger partial charge is 0.0721 e. The van der Waals surface area contributed by atoms with Crippen LogP contribution in [0.5, 0.6) is 0 Å². The summed E-state index contributed by atoms with van der Waals surface area (Å²) in [4.78, 5) is 0. The average molecular weight is 238 g/mol. The molecule has 0 nitrogen and oxygen atoms in total. The summed E-state index contributed by atoms with van der Waals surface area (Å²) < 4.78 is 2.66. The highest BCUT2D eigenvalue weighted by Crippen LogP contribution is 2.31. The third-order valence-electron chi connectivity index (χ3n) is 2.50. The molecule has 0 aliphatic carbocycles. The van der Waals surface area contributed by atoms with Crippen molar-refractivity contribution in [2.24, 2.45) is 0 Å². The zero-order chi connectivity index (χ0) is 10.4. The molecule has 0 fully saturated rings. The topological polar surface area (TPSA) is 0 Å². The third kappa shape index (κ3) is 1.39. The molecular weight excluding hydrogens is 232 g/mol. The molecule has 1 heterocycles. The van der Waals surface area contributed by atoms with Crippen molar-refractivity contribution in [3.05, 3.63) is 36.4 Å². The minimum absolute atomic E-state index is 1.12. The van der Waals surface area contributed by atoms with Crippen molar-refractivity contribution in [1.82, 2.24) is 0 Å². The van der Waals surface area contributed by atoms with Crippen LogP contribution in [0.25, 0.3) is 20.2 Å². The monoisotopic (exact) mass is 238 g/mol. The van der Waals surface area contributed by atoms with Crippen molar-refractivity contribution in [2.75, 3.05) is 0 Å². The highest BCUT2D eigenvalue weighted by atomic mass is 32.1. The van der Waals surface area contributed by atoms with Gasteiger partial charge in [0.2, 0.25) is 0 Å². The molecule has 3 heteroatoms. The van der Waals surface area contributed by atoms with Crippen molar-refractivity contribution in [3.63, 3.8) is 0 Å². The van der Waals surface area contributed by atoms with E-state index in [0.717, 1.165) is 10.4 Å². The van der Waals surface area contributed by atoms with Gasteiger partial charge in [-0.1, -0.05) is 34.6 Å². The van der Waals surface area contributed by atoms with Crippen LogP contribution in [-0.2, 0) is 0 Å². The summed E-state index contributed by atoms with van der Waals surface area (Å²) >= 11 is 1.83. The summed E-state index contributed by atoms with van der Waals surface area (Å²) in [6.07, 6.45) is 0. The first kappa shape index (κ1) is 9.33. The minimum atomic E-state index is 1.12. The molecule has 3 aromatic rings. The fraction of sp³-hybridized carbons (Fsp3) is 0. The molecule has 15 heavy (non-hydrogen) atoms. The lowest BCUT2D eigenvalue weighted by Gasteiger charge is -1.97. The highest BCUT2D eigenvalue weighted by Gasteiger charge is 2.06. The van der Waals surface area contributed by atoms with Gasteiger partial charge in [-0.3, -0.25) is 0 Å². The van der Waals surface area contributed by atoms with E-state index < -0.39 is 0 Å². The van der Waals surface area contributed by atoms with Gasteiger partial charge in [0.15, 0.2) is 0 Å². The maximum absolute atomic E-state index is 3.67. The van der Waals surface area contributed by atoms with Crippen LogP contribution in [0.3, 0.4) is 0 Å². The lowest BCUT2D eigenvalue weighted by Crippen LogP contribution is -2.03. The number of benzene rings is 2. The Kier molecular flexibility index (Phi) is 2.05. The van der Waals surface area contributed by atoms with Crippen LogP contribution >= 0.6 is 11.3 Å². The zero-order valence-corrected chi connectivity index (χ0v) is 10.7. The number of rotatable bonds is 0. The lowest BCUT2D eigenvalue weighted by atomic mass is 10.1. The summed E-state index contributed by atoms with van der Waals surface area (Å²) in [5.41, 5.74) is 0. The minimum Gasteiger partial charge on any atom is -0.135 e. The molecular formula is C12H6SSi2. The molecule has 0 saturated carbocycles. The Labute approximate surface area is 98.8 Å². The first-order chi connectivity index (χ1) is 7.25. The van der Waals surface area contributed by atoms with Gasteiger partial charge in [-0.05, 0) is 17.5 Å². The second-order valence-corrected chi connectivity index (χ2v) is 5.69. The number of hydrogen-bond donors (Lipinski definition) is 0. The standard InChI is InChI=1S/C12H6SSi2/c14-7-4-5-9-8(6-7)12-10(13-9)2-1-3-11(12)15/h1-6H. The van der Waals surface area contributed by atoms with Crippen LogP contribution in [0.4, 0.5) is 0 Å². The van der Waals surface area contributed by atoms with Crippen molar-refractivity contribution in [3.8, 4) is 0 Å². The molecule has 68 valence electrons. The van der Waals surface area contributed by atoms with Gasteiger partial charge < -0.3 is 0 Å². The van der Waals surface area contributed by atoms with E-state index in [1.54, 1.807) is 0 Å². The van der Waals surface area contributed by atoms with Crippen LogP contribution in [0.15, 0.2) is 36.4 Å². The van der Waals surface area contributed by atoms with Gasteiger partial charge >= 0.3 is 0 Å². The zero-order valence-electron chi connectivity index (χ0n) is 7.87. The Morgan fingerprint density at radius 2 is 1.80 bits per heavy atom. The van der Waals surface area contributed by atoms with Crippen LogP contribution < -0.4 is 10.4 Å². The van der Waals surface area contributed by atoms with Crippen LogP contribution in [0.1, 0.15) is 0 Å². The SMILES string of the molecule is [Si]c1ccc2sc3cccc([Si])c3c2c1. The Morgan fingerprint density at radius 1 is 0.933 bits per heavy atom. The van der Waals surface area contributed by atoms with Crippen LogP contribution in [-0.4, -0.2) is 20.5 Å². The maximum atomic E-state index is 3.67. The van der Waals surface area contributed by atoms with E-state index in [-0.39, 0.29) is 0 Å². The van der Waals surface area contributed by atoms with Gasteiger partial charge in [0.05, 0.1) is 20.5 Å². The van der Waals surface area contributed by atoms with Crippen molar-refractivity contribution < 1.29 is 0 Å². The normalized spacial score (nSPS) is 11.3. The van der Waals surface area contributed by atoms with Gasteiger partial charge in [0.25, 0.3) is 0 Å². The molecule has 1 aromatic heterocycles. The number of fused-ring (bicyclic) bond motifs is 3. The second-order valence-electron chi connectivity index (χ2n) is 3.49. The summed E-state index contributed by atoms with van der Waals surface area (Å²) in [5, 5.41) is 4.91. The summed E-state index contributed by atoms with van der Waals surface area (Å²) in [6, 6.07) is 12.8. The molecule has 0 N–H and O–H groups in total. The Balaban J connectivity index is 2.61. The fourth-order valence-corrected chi connectivity index (χ4v) is 3.62. The van der Waals surface area contributed by atoms with E-state index in [0.29, 0.717) is 0 Å². The van der Waals surface area contributed by atoms with E-state index in [9.17, 15) is 0 Å². The molecule has 3 rings (SSSR count). The van der Waals surface area contributed by atoms with Crippen LogP contribution in [0.2, 0.25) is 0 Å². The molecule has 0 unspecified atom stereocenters. The van der Waals surface area contributed by atoms with Gasteiger partial charge in [0.1, 0.15) is 0 Å². The van der Waals surface area contributed by atoms with Gasteiger partial charge in [-0.2, -0.15) is 0 Å². The molecule has 2 aromatic carbocycles. The summed E-state index contributed by atoms with van der Waals surface area (Å²) in [5.74, 6) is 0. The van der Waals surface area contributed by atoms with Gasteiger partial charge in [0, 0.05) is 14.8 Å². The molecule has 0 aliphatic heterocycles. The molecule has 6 radical (unpaired) electrons. The third-order valence-corrected chi connectivity index (χ3v) is 4.36. The molecule has 0 bridgehead atoms. The number of thiophene rings is 1. The van der Waals surface area contributed by atoms with E-state index in [2.05, 4.69) is 56.9 Å². The molecule has 0 saturated heterocycles. The van der Waals surface area contributed by atoms with Gasteiger partial charge in [-0.15, -0.1) is 11.3 Å². The van der Waals surface area contributed by atoms with E-state index in [1.165, 1.54) is 20.2 Å². The average Bonchev–Trinajstić information content (AvgIpc) is 2.57. The molecule has 0 amide bonds. The van der Waals surface area contributed by atoms with Crippen molar-refractivity contribution in [2.45, 2.75) is 0 Å². The van der Waals surface area contributed by atoms with E-state index in [1.807, 2.05) is 11.3 Å². The summed E-state index contributed by atoms with van der Waals surface area (Å²) in [7, 11) is 7.23. The molecule has 0 aliphatic rings. The quantitative estimate of drug-likeness (QED) is 0.522. The Morgan fingerprint density at radius 3 is 2.67 bits per heavy atom. The lowest BCUT2D eigenvalue weighted by molar-refractivity contribution is 1.92. The van der Waals surface area contributed by atoms with Crippen LogP contribution in [0, 0.1) is 0 Å². The first-order valence-corrected chi connectivity index (χ1v) is 6.46. The second kappa shape index (κ2) is 3.30. The first-order valence-electron chi connectivity index (χ1n) is 4.64. The van der Waals surface area contributed by atoms with E-state index >= 15 is 0 Å². The van der Waals surface area contributed by atoms with Gasteiger partial charge in [-0.25, -0.2) is 0 Å². The Hall–Kier alpha value is -0.906. The van der Waals surface area contributed by atoms with Crippen molar-refractivity contribution >= 4 is 62.4 Å². The maximum Gasteiger partial charge on any atom is 0.0721 e. The highest BCUT2D eigenvalue weighted by molar-refractivity contribution is 7.26.